The Morgan fingerprint density at radius 2 is 1.84 bits per heavy atom. The predicted octanol–water partition coefficient (Wildman–Crippen LogP) is 4.19. The molecule has 2 rings (SSSR count). The maximum atomic E-state index is 14.1. The van der Waals surface area contributed by atoms with E-state index in [1.165, 1.54) is 0 Å². The topological polar surface area (TPSA) is 12.0 Å². The molecular formula is C15H14F2IN. The van der Waals surface area contributed by atoms with Gasteiger partial charge in [0.1, 0.15) is 0 Å². The van der Waals surface area contributed by atoms with Gasteiger partial charge in [0.15, 0.2) is 11.6 Å². The molecule has 1 atom stereocenters. The van der Waals surface area contributed by atoms with Crippen LogP contribution in [0.1, 0.15) is 22.7 Å². The Balaban J connectivity index is 2.51. The normalized spacial score (nSPS) is 12.5. The van der Waals surface area contributed by atoms with Gasteiger partial charge in [-0.25, -0.2) is 8.78 Å². The molecule has 0 bridgehead atoms. The lowest BCUT2D eigenvalue weighted by Crippen LogP contribution is -2.19. The lowest BCUT2D eigenvalue weighted by Gasteiger charge is -2.19. The molecule has 4 heteroatoms. The summed E-state index contributed by atoms with van der Waals surface area (Å²) in [6.07, 6.45) is 0. The van der Waals surface area contributed by atoms with Crippen molar-refractivity contribution in [2.75, 3.05) is 7.05 Å². The number of benzene rings is 2. The summed E-state index contributed by atoms with van der Waals surface area (Å²) in [5, 5.41) is 3.04. The minimum Gasteiger partial charge on any atom is -0.309 e. The van der Waals surface area contributed by atoms with Crippen molar-refractivity contribution in [2.45, 2.75) is 13.0 Å². The molecule has 0 saturated heterocycles. The molecule has 0 amide bonds. The summed E-state index contributed by atoms with van der Waals surface area (Å²) >= 11 is 2.20. The smallest absolute Gasteiger partial charge is 0.164 e. The van der Waals surface area contributed by atoms with Crippen LogP contribution in [0.25, 0.3) is 0 Å². The van der Waals surface area contributed by atoms with Gasteiger partial charge in [0, 0.05) is 9.13 Å². The van der Waals surface area contributed by atoms with E-state index in [1.807, 2.05) is 24.3 Å². The van der Waals surface area contributed by atoms with Gasteiger partial charge < -0.3 is 5.32 Å². The van der Waals surface area contributed by atoms with Crippen LogP contribution >= 0.6 is 22.6 Å². The molecule has 1 N–H and O–H groups in total. The molecule has 0 radical (unpaired) electrons. The van der Waals surface area contributed by atoms with E-state index in [2.05, 4.69) is 27.9 Å². The third kappa shape index (κ3) is 2.95. The summed E-state index contributed by atoms with van der Waals surface area (Å²) in [7, 11) is 1.74. The highest BCUT2D eigenvalue weighted by Gasteiger charge is 2.19. The van der Waals surface area contributed by atoms with Gasteiger partial charge in [-0.2, -0.15) is 0 Å². The molecular weight excluding hydrogens is 359 g/mol. The van der Waals surface area contributed by atoms with Crippen LogP contribution in [0.15, 0.2) is 36.4 Å². The zero-order chi connectivity index (χ0) is 14.0. The summed E-state index contributed by atoms with van der Waals surface area (Å²) in [6, 6.07) is 10.6. The Hall–Kier alpha value is -1.01. The molecule has 1 nitrogen and oxygen atoms in total. The van der Waals surface area contributed by atoms with Crippen molar-refractivity contribution in [1.29, 1.82) is 0 Å². The summed E-state index contributed by atoms with van der Waals surface area (Å²) in [5.74, 6) is -1.55. The van der Waals surface area contributed by atoms with Crippen molar-refractivity contribution in [3.63, 3.8) is 0 Å². The second-order valence-electron chi connectivity index (χ2n) is 4.38. The number of nitrogens with one attached hydrogen (secondary N) is 1. The fourth-order valence-electron chi connectivity index (χ4n) is 2.07. The van der Waals surface area contributed by atoms with Crippen LogP contribution in [0.5, 0.6) is 0 Å². The van der Waals surface area contributed by atoms with Crippen LogP contribution in [0.2, 0.25) is 0 Å². The van der Waals surface area contributed by atoms with E-state index >= 15 is 0 Å². The molecule has 0 fully saturated rings. The number of aryl methyl sites for hydroxylation is 1. The first-order valence-corrected chi connectivity index (χ1v) is 6.99. The number of hydrogen-bond donors (Lipinski definition) is 1. The van der Waals surface area contributed by atoms with Gasteiger partial charge in [-0.1, -0.05) is 24.3 Å². The van der Waals surface area contributed by atoms with Gasteiger partial charge in [0.25, 0.3) is 0 Å². The van der Waals surface area contributed by atoms with Crippen molar-refractivity contribution in [3.05, 3.63) is 68.3 Å². The fourth-order valence-corrected chi connectivity index (χ4v) is 2.64. The van der Waals surface area contributed by atoms with E-state index in [0.29, 0.717) is 11.1 Å². The van der Waals surface area contributed by atoms with E-state index in [4.69, 9.17) is 0 Å². The molecule has 0 aliphatic carbocycles. The van der Waals surface area contributed by atoms with Gasteiger partial charge in [-0.05, 0) is 59.8 Å². The third-order valence-corrected chi connectivity index (χ3v) is 3.76. The van der Waals surface area contributed by atoms with Gasteiger partial charge in [-0.3, -0.25) is 0 Å². The highest BCUT2D eigenvalue weighted by Crippen LogP contribution is 2.27. The number of halogens is 3. The lowest BCUT2D eigenvalue weighted by atomic mass is 9.97. The number of hydrogen-bond acceptors (Lipinski definition) is 1. The molecule has 0 saturated carbocycles. The van der Waals surface area contributed by atoms with Gasteiger partial charge >= 0.3 is 0 Å². The molecule has 0 aromatic heterocycles. The Kier molecular flexibility index (Phi) is 4.52. The van der Waals surface area contributed by atoms with Crippen molar-refractivity contribution in [2.24, 2.45) is 0 Å². The Morgan fingerprint density at radius 1 is 1.11 bits per heavy atom. The monoisotopic (exact) mass is 373 g/mol. The Labute approximate surface area is 125 Å². The molecule has 0 aliphatic rings. The average molecular weight is 373 g/mol. The van der Waals surface area contributed by atoms with Crippen molar-refractivity contribution in [3.8, 4) is 0 Å². The molecule has 2 aromatic rings. The zero-order valence-corrected chi connectivity index (χ0v) is 12.8. The van der Waals surface area contributed by atoms with Crippen LogP contribution < -0.4 is 5.32 Å². The maximum absolute atomic E-state index is 14.1. The second kappa shape index (κ2) is 5.96. The Morgan fingerprint density at radius 3 is 2.47 bits per heavy atom. The van der Waals surface area contributed by atoms with Crippen LogP contribution in [0, 0.1) is 22.1 Å². The van der Waals surface area contributed by atoms with Crippen LogP contribution in [-0.4, -0.2) is 7.05 Å². The fraction of sp³-hybridized carbons (Fsp3) is 0.200. The van der Waals surface area contributed by atoms with E-state index in [-0.39, 0.29) is 6.04 Å². The lowest BCUT2D eigenvalue weighted by molar-refractivity contribution is 0.482. The summed E-state index contributed by atoms with van der Waals surface area (Å²) in [4.78, 5) is 0. The minimum absolute atomic E-state index is 0.318. The maximum Gasteiger partial charge on any atom is 0.164 e. The quantitative estimate of drug-likeness (QED) is 0.796. The van der Waals surface area contributed by atoms with E-state index in [1.54, 1.807) is 26.1 Å². The van der Waals surface area contributed by atoms with Gasteiger partial charge in [0.05, 0.1) is 6.04 Å². The van der Waals surface area contributed by atoms with Crippen LogP contribution in [-0.2, 0) is 0 Å². The minimum atomic E-state index is -0.779. The zero-order valence-electron chi connectivity index (χ0n) is 10.7. The third-order valence-electron chi connectivity index (χ3n) is 3.09. The summed E-state index contributed by atoms with van der Waals surface area (Å²) < 4.78 is 28.8. The van der Waals surface area contributed by atoms with Gasteiger partial charge in [-0.15, -0.1) is 0 Å². The second-order valence-corrected chi connectivity index (χ2v) is 5.62. The number of rotatable bonds is 3. The van der Waals surface area contributed by atoms with Gasteiger partial charge in [0.2, 0.25) is 0 Å². The highest BCUT2D eigenvalue weighted by atomic mass is 127. The average Bonchev–Trinajstić information content (AvgIpc) is 2.40. The molecule has 0 spiro atoms. The van der Waals surface area contributed by atoms with Crippen LogP contribution in [0.4, 0.5) is 8.78 Å². The predicted molar refractivity (Wildman–Crippen MR) is 81.2 cm³/mol. The molecule has 100 valence electrons. The largest absolute Gasteiger partial charge is 0.309 e. The van der Waals surface area contributed by atoms with E-state index in [9.17, 15) is 8.78 Å². The first-order chi connectivity index (χ1) is 9.04. The van der Waals surface area contributed by atoms with Crippen molar-refractivity contribution in [1.82, 2.24) is 5.32 Å². The van der Waals surface area contributed by atoms with E-state index < -0.39 is 11.6 Å². The molecule has 19 heavy (non-hydrogen) atoms. The van der Waals surface area contributed by atoms with E-state index in [0.717, 1.165) is 9.13 Å². The SMILES string of the molecule is CNC(c1cccc(I)c1)c1ccc(C)c(F)c1F. The van der Waals surface area contributed by atoms with Crippen molar-refractivity contribution < 1.29 is 8.78 Å². The molecule has 1 unspecified atom stereocenters. The molecule has 0 aliphatic heterocycles. The summed E-state index contributed by atoms with van der Waals surface area (Å²) in [5.41, 5.74) is 1.56. The first-order valence-electron chi connectivity index (χ1n) is 5.92. The standard InChI is InChI=1S/C15H14F2IN/c1-9-6-7-12(14(17)13(9)16)15(19-2)10-4-3-5-11(18)8-10/h3-8,15,19H,1-2H3. The Bertz CT molecular complexity index is 599. The van der Waals surface area contributed by atoms with Crippen LogP contribution in [0.3, 0.4) is 0 Å². The summed E-state index contributed by atoms with van der Waals surface area (Å²) in [6.45, 7) is 1.56. The molecule has 2 aromatic carbocycles. The van der Waals surface area contributed by atoms with Crippen molar-refractivity contribution >= 4 is 22.6 Å². The molecule has 0 heterocycles. The first kappa shape index (κ1) is 14.4. The highest BCUT2D eigenvalue weighted by molar-refractivity contribution is 14.1.